The molecule has 0 unspecified atom stereocenters. The zero-order valence-electron chi connectivity index (χ0n) is 18.1. The molecule has 2 amide bonds. The lowest BCUT2D eigenvalue weighted by atomic mass is 10.1. The van der Waals surface area contributed by atoms with Crippen molar-refractivity contribution in [2.45, 2.75) is 23.9 Å². The zero-order chi connectivity index (χ0) is 23.5. The van der Waals surface area contributed by atoms with E-state index in [0.29, 0.717) is 21.9 Å². The number of hydrogen-bond acceptors (Lipinski definition) is 6. The lowest BCUT2D eigenvalue weighted by molar-refractivity contribution is -0.113. The Morgan fingerprint density at radius 2 is 1.88 bits per heavy atom. The fourth-order valence-electron chi connectivity index (χ4n) is 3.53. The molecule has 168 valence electrons. The second-order valence-corrected chi connectivity index (χ2v) is 8.87. The van der Waals surface area contributed by atoms with E-state index >= 15 is 0 Å². The lowest BCUT2D eigenvalue weighted by Crippen LogP contribution is -2.25. The zero-order valence-corrected chi connectivity index (χ0v) is 18.9. The Kier molecular flexibility index (Phi) is 5.97. The molecule has 2 N–H and O–H groups in total. The minimum absolute atomic E-state index is 0.0554. The molecule has 2 aromatic carbocycles. The van der Waals surface area contributed by atoms with Crippen LogP contribution >= 0.6 is 11.8 Å². The van der Waals surface area contributed by atoms with E-state index in [0.717, 1.165) is 23.9 Å². The molecule has 0 atom stereocenters. The molecule has 1 aliphatic rings. The fourth-order valence-corrected chi connectivity index (χ4v) is 4.24. The van der Waals surface area contributed by atoms with Crippen molar-refractivity contribution in [3.8, 4) is 11.8 Å². The largest absolute Gasteiger partial charge is 0.349 e. The van der Waals surface area contributed by atoms with Crippen LogP contribution in [0.25, 0.3) is 16.6 Å². The number of hydrogen-bond donors (Lipinski definition) is 2. The molecular weight excluding hydrogens is 448 g/mol. The monoisotopic (exact) mass is 468 g/mol. The number of nitrogens with one attached hydrogen (secondary N) is 2. The number of rotatable bonds is 7. The first kappa shape index (κ1) is 21.7. The van der Waals surface area contributed by atoms with Crippen LogP contribution in [0, 0.1) is 11.3 Å². The van der Waals surface area contributed by atoms with Gasteiger partial charge in [-0.2, -0.15) is 10.4 Å². The Morgan fingerprint density at radius 1 is 1.12 bits per heavy atom. The van der Waals surface area contributed by atoms with Crippen LogP contribution in [0.2, 0.25) is 0 Å². The number of nitrogens with zero attached hydrogens (tertiary/aromatic N) is 4. The van der Waals surface area contributed by atoms with Crippen molar-refractivity contribution in [1.82, 2.24) is 20.1 Å². The molecule has 8 nitrogen and oxygen atoms in total. The maximum Gasteiger partial charge on any atom is 0.252 e. The predicted octanol–water partition coefficient (Wildman–Crippen LogP) is 3.92. The van der Waals surface area contributed by atoms with Gasteiger partial charge >= 0.3 is 0 Å². The van der Waals surface area contributed by atoms with Gasteiger partial charge in [-0.1, -0.05) is 48.2 Å². The predicted molar refractivity (Wildman–Crippen MR) is 130 cm³/mol. The summed E-state index contributed by atoms with van der Waals surface area (Å²) in [5.41, 5.74) is 2.25. The van der Waals surface area contributed by atoms with Crippen LogP contribution < -0.4 is 10.6 Å². The summed E-state index contributed by atoms with van der Waals surface area (Å²) in [5, 5.41) is 20.9. The summed E-state index contributed by atoms with van der Waals surface area (Å²) in [5.74, 6) is -0.0638. The molecule has 0 aliphatic heterocycles. The first-order valence-electron chi connectivity index (χ1n) is 10.8. The summed E-state index contributed by atoms with van der Waals surface area (Å²) in [6, 6.07) is 20.8. The third-order valence-corrected chi connectivity index (χ3v) is 6.26. The fraction of sp³-hybridized carbons (Fsp3) is 0.160. The van der Waals surface area contributed by atoms with Gasteiger partial charge in [0.25, 0.3) is 5.91 Å². The average Bonchev–Trinajstić information content (AvgIpc) is 3.59. The first-order valence-corrected chi connectivity index (χ1v) is 11.8. The molecule has 5 rings (SSSR count). The van der Waals surface area contributed by atoms with Crippen LogP contribution in [0.3, 0.4) is 0 Å². The van der Waals surface area contributed by atoms with Crippen LogP contribution in [-0.4, -0.2) is 38.4 Å². The van der Waals surface area contributed by atoms with Crippen LogP contribution in [0.1, 0.15) is 28.8 Å². The minimum atomic E-state index is -0.307. The van der Waals surface area contributed by atoms with E-state index in [4.69, 9.17) is 0 Å². The Hall–Kier alpha value is -4.16. The quantitative estimate of drug-likeness (QED) is 0.398. The highest BCUT2D eigenvalue weighted by molar-refractivity contribution is 7.99. The highest BCUT2D eigenvalue weighted by Gasteiger charge is 2.25. The Labute approximate surface area is 200 Å². The number of anilines is 1. The molecule has 0 bridgehead atoms. The van der Waals surface area contributed by atoms with Crippen LogP contribution in [0.15, 0.2) is 71.9 Å². The van der Waals surface area contributed by atoms with Gasteiger partial charge < -0.3 is 10.6 Å². The van der Waals surface area contributed by atoms with Gasteiger partial charge in [0.2, 0.25) is 5.91 Å². The van der Waals surface area contributed by atoms with Crippen LogP contribution in [-0.2, 0) is 4.79 Å². The van der Waals surface area contributed by atoms with Gasteiger partial charge in [0.1, 0.15) is 11.6 Å². The molecule has 34 heavy (non-hydrogen) atoms. The number of amides is 2. The van der Waals surface area contributed by atoms with E-state index in [1.165, 1.54) is 22.6 Å². The number of pyridine rings is 1. The van der Waals surface area contributed by atoms with Crippen molar-refractivity contribution < 1.29 is 9.59 Å². The van der Waals surface area contributed by atoms with E-state index in [-0.39, 0.29) is 29.2 Å². The van der Waals surface area contributed by atoms with Crippen molar-refractivity contribution in [2.75, 3.05) is 11.1 Å². The number of aromatic nitrogens is 3. The van der Waals surface area contributed by atoms with Gasteiger partial charge in [-0.15, -0.1) is 0 Å². The summed E-state index contributed by atoms with van der Waals surface area (Å²) < 4.78 is 1.52. The normalized spacial score (nSPS) is 12.8. The van der Waals surface area contributed by atoms with E-state index in [9.17, 15) is 14.9 Å². The SMILES string of the molecule is N#Cc1cnn(-c2ccccc2)c1NC(=O)CSc1cc(C(=O)NC2CC2)c2ccccc2n1. The van der Waals surface area contributed by atoms with Gasteiger partial charge in [-0.3, -0.25) is 9.59 Å². The van der Waals surface area contributed by atoms with E-state index in [1.54, 1.807) is 6.07 Å². The second-order valence-electron chi connectivity index (χ2n) is 7.88. The third-order valence-electron chi connectivity index (χ3n) is 5.35. The Balaban J connectivity index is 1.34. The van der Waals surface area contributed by atoms with Crippen molar-refractivity contribution in [1.29, 1.82) is 5.26 Å². The number of carbonyl (C=O) groups excluding carboxylic acids is 2. The molecule has 9 heteroatoms. The summed E-state index contributed by atoms with van der Waals surface area (Å²) in [4.78, 5) is 30.2. The topological polar surface area (TPSA) is 113 Å². The van der Waals surface area contributed by atoms with Crippen LogP contribution in [0.5, 0.6) is 0 Å². The molecule has 2 heterocycles. The lowest BCUT2D eigenvalue weighted by Gasteiger charge is -2.11. The van der Waals surface area contributed by atoms with Gasteiger partial charge in [0.05, 0.1) is 33.7 Å². The average molecular weight is 469 g/mol. The van der Waals surface area contributed by atoms with Gasteiger partial charge in [-0.25, -0.2) is 9.67 Å². The van der Waals surface area contributed by atoms with Crippen LogP contribution in [0.4, 0.5) is 5.82 Å². The van der Waals surface area contributed by atoms with Crippen molar-refractivity contribution in [3.05, 3.63) is 78.0 Å². The standard InChI is InChI=1S/C25H20N6O2S/c26-13-16-14-27-31(18-6-2-1-3-7-18)24(16)30-22(32)15-34-23-12-20(25(33)28-17-10-11-17)19-8-4-5-9-21(19)29-23/h1-9,12,14,17H,10-11,15H2,(H,28,33)(H,30,32). The smallest absolute Gasteiger partial charge is 0.252 e. The van der Waals surface area contributed by atoms with Gasteiger partial charge in [-0.05, 0) is 37.1 Å². The molecule has 0 spiro atoms. The van der Waals surface area contributed by atoms with Crippen molar-refractivity contribution in [2.24, 2.45) is 0 Å². The number of benzene rings is 2. The number of nitriles is 1. The third kappa shape index (κ3) is 4.63. The molecular formula is C25H20N6O2S. The second kappa shape index (κ2) is 9.37. The Morgan fingerprint density at radius 3 is 2.65 bits per heavy atom. The first-order chi connectivity index (χ1) is 16.6. The maximum absolute atomic E-state index is 12.8. The molecule has 0 saturated heterocycles. The summed E-state index contributed by atoms with van der Waals surface area (Å²) in [6.45, 7) is 0. The molecule has 0 radical (unpaired) electrons. The van der Waals surface area contributed by atoms with Gasteiger partial charge in [0, 0.05) is 11.4 Å². The number of carbonyl (C=O) groups is 2. The highest BCUT2D eigenvalue weighted by Crippen LogP contribution is 2.27. The molecule has 1 aliphatic carbocycles. The summed E-state index contributed by atoms with van der Waals surface area (Å²) in [7, 11) is 0. The molecule has 1 fully saturated rings. The van der Waals surface area contributed by atoms with E-state index < -0.39 is 0 Å². The highest BCUT2D eigenvalue weighted by atomic mass is 32.2. The van der Waals surface area contributed by atoms with E-state index in [1.807, 2.05) is 54.6 Å². The van der Waals surface area contributed by atoms with E-state index in [2.05, 4.69) is 26.8 Å². The molecule has 1 saturated carbocycles. The molecule has 2 aromatic heterocycles. The molecule has 4 aromatic rings. The number of thioether (sulfide) groups is 1. The summed E-state index contributed by atoms with van der Waals surface area (Å²) >= 11 is 1.23. The van der Waals surface area contributed by atoms with Gasteiger partial charge in [0.15, 0.2) is 5.82 Å². The Bertz CT molecular complexity index is 1420. The summed E-state index contributed by atoms with van der Waals surface area (Å²) in [6.07, 6.45) is 3.42. The minimum Gasteiger partial charge on any atom is -0.349 e. The number of para-hydroxylation sites is 2. The van der Waals surface area contributed by atoms with Crippen molar-refractivity contribution in [3.63, 3.8) is 0 Å². The maximum atomic E-state index is 12.8. The van der Waals surface area contributed by atoms with Crippen molar-refractivity contribution >= 4 is 40.3 Å². The number of fused-ring (bicyclic) bond motifs is 1.